The molecular weight excluding hydrogens is 315 g/mol. The summed E-state index contributed by atoms with van der Waals surface area (Å²) in [4.78, 5) is 2.40. The lowest BCUT2D eigenvalue weighted by atomic mass is 10.1. The third-order valence-electron chi connectivity index (χ3n) is 4.94. The molecule has 0 aliphatic carbocycles. The van der Waals surface area contributed by atoms with Gasteiger partial charge in [-0.3, -0.25) is 4.90 Å². The van der Waals surface area contributed by atoms with E-state index >= 15 is 0 Å². The molecule has 0 atom stereocenters. The molecule has 3 nitrogen and oxygen atoms in total. The van der Waals surface area contributed by atoms with Crippen LogP contribution in [0.1, 0.15) is 35.1 Å². The van der Waals surface area contributed by atoms with Crippen LogP contribution in [0.25, 0.3) is 0 Å². The molecule has 1 saturated heterocycles. The Kier molecular flexibility index (Phi) is 6.19. The highest BCUT2D eigenvalue weighted by Gasteiger charge is 2.16. The second kappa shape index (κ2) is 8.56. The fourth-order valence-electron chi connectivity index (χ4n) is 3.30. The number of nitrogens with one attached hydrogen (secondary N) is 1. The van der Waals surface area contributed by atoms with Gasteiger partial charge in [-0.15, -0.1) is 0 Å². The van der Waals surface area contributed by atoms with Crippen LogP contribution in [0.4, 0.5) is 4.39 Å². The normalized spacial score (nSPS) is 16.3. The molecule has 1 aliphatic rings. The van der Waals surface area contributed by atoms with Crippen LogP contribution < -0.4 is 5.32 Å². The van der Waals surface area contributed by atoms with E-state index in [1.807, 2.05) is 13.0 Å². The third kappa shape index (κ3) is 5.36. The van der Waals surface area contributed by atoms with Gasteiger partial charge in [0.2, 0.25) is 0 Å². The SMILES string of the molecule is Cc1cc(F)ccc1CNCc1ccc(CN2CCC(O)CC2)cc1. The van der Waals surface area contributed by atoms with Gasteiger partial charge in [-0.1, -0.05) is 30.3 Å². The van der Waals surface area contributed by atoms with E-state index in [1.54, 1.807) is 6.07 Å². The van der Waals surface area contributed by atoms with Gasteiger partial charge >= 0.3 is 0 Å². The van der Waals surface area contributed by atoms with E-state index in [9.17, 15) is 9.50 Å². The van der Waals surface area contributed by atoms with Crippen molar-refractivity contribution >= 4 is 0 Å². The van der Waals surface area contributed by atoms with Gasteiger partial charge < -0.3 is 10.4 Å². The molecule has 0 amide bonds. The van der Waals surface area contributed by atoms with Crippen molar-refractivity contribution in [3.05, 3.63) is 70.5 Å². The molecule has 2 N–H and O–H groups in total. The van der Waals surface area contributed by atoms with Crippen LogP contribution >= 0.6 is 0 Å². The maximum absolute atomic E-state index is 13.1. The molecule has 1 aliphatic heterocycles. The number of benzene rings is 2. The van der Waals surface area contributed by atoms with E-state index < -0.39 is 0 Å². The maximum Gasteiger partial charge on any atom is 0.123 e. The van der Waals surface area contributed by atoms with Crippen molar-refractivity contribution in [3.63, 3.8) is 0 Å². The van der Waals surface area contributed by atoms with E-state index in [0.29, 0.717) is 0 Å². The van der Waals surface area contributed by atoms with Gasteiger partial charge in [0.05, 0.1) is 6.10 Å². The summed E-state index contributed by atoms with van der Waals surface area (Å²) in [7, 11) is 0. The largest absolute Gasteiger partial charge is 0.393 e. The summed E-state index contributed by atoms with van der Waals surface area (Å²) < 4.78 is 13.1. The third-order valence-corrected chi connectivity index (χ3v) is 4.94. The molecule has 2 aromatic carbocycles. The summed E-state index contributed by atoms with van der Waals surface area (Å²) >= 11 is 0. The quantitative estimate of drug-likeness (QED) is 0.845. The number of hydrogen-bond acceptors (Lipinski definition) is 3. The standard InChI is InChI=1S/C21H27FN2O/c1-16-12-20(22)7-6-19(16)14-23-13-17-2-4-18(5-3-17)15-24-10-8-21(25)9-11-24/h2-7,12,21,23,25H,8-11,13-15H2,1H3. The smallest absolute Gasteiger partial charge is 0.123 e. The van der Waals surface area contributed by atoms with Gasteiger partial charge in [0.15, 0.2) is 0 Å². The van der Waals surface area contributed by atoms with E-state index in [1.165, 1.54) is 17.2 Å². The second-order valence-electron chi connectivity index (χ2n) is 7.00. The predicted molar refractivity (Wildman–Crippen MR) is 98.6 cm³/mol. The minimum absolute atomic E-state index is 0.116. The van der Waals surface area contributed by atoms with E-state index in [-0.39, 0.29) is 11.9 Å². The van der Waals surface area contributed by atoms with Crippen LogP contribution in [0.2, 0.25) is 0 Å². The molecule has 0 radical (unpaired) electrons. The zero-order valence-corrected chi connectivity index (χ0v) is 14.8. The average Bonchev–Trinajstić information content (AvgIpc) is 2.60. The van der Waals surface area contributed by atoms with Crippen molar-refractivity contribution in [2.45, 2.75) is 45.5 Å². The van der Waals surface area contributed by atoms with Gasteiger partial charge in [-0.05, 0) is 54.2 Å². The number of nitrogens with zero attached hydrogens (tertiary/aromatic N) is 1. The first-order chi connectivity index (χ1) is 12.1. The van der Waals surface area contributed by atoms with Crippen LogP contribution in [0.5, 0.6) is 0 Å². The van der Waals surface area contributed by atoms with Crippen molar-refractivity contribution in [3.8, 4) is 0 Å². The molecule has 0 bridgehead atoms. The van der Waals surface area contributed by atoms with Crippen LogP contribution in [0.3, 0.4) is 0 Å². The van der Waals surface area contributed by atoms with Gasteiger partial charge in [0, 0.05) is 32.7 Å². The first-order valence-corrected chi connectivity index (χ1v) is 9.04. The van der Waals surface area contributed by atoms with E-state index in [4.69, 9.17) is 0 Å². The molecule has 1 heterocycles. The highest BCUT2D eigenvalue weighted by molar-refractivity contribution is 5.27. The number of aryl methyl sites for hydroxylation is 1. The minimum atomic E-state index is -0.181. The fraction of sp³-hybridized carbons (Fsp3) is 0.429. The minimum Gasteiger partial charge on any atom is -0.393 e. The molecular formula is C21H27FN2O. The summed E-state index contributed by atoms with van der Waals surface area (Å²) in [5, 5.41) is 13.0. The monoisotopic (exact) mass is 342 g/mol. The summed E-state index contributed by atoms with van der Waals surface area (Å²) in [6.07, 6.45) is 1.64. The highest BCUT2D eigenvalue weighted by Crippen LogP contribution is 2.15. The number of hydrogen-bond donors (Lipinski definition) is 2. The highest BCUT2D eigenvalue weighted by atomic mass is 19.1. The lowest BCUT2D eigenvalue weighted by molar-refractivity contribution is 0.0792. The van der Waals surface area contributed by atoms with Crippen molar-refractivity contribution in [1.29, 1.82) is 0 Å². The first kappa shape index (κ1) is 18.1. The number of halogens is 1. The maximum atomic E-state index is 13.1. The van der Waals surface area contributed by atoms with Crippen LogP contribution in [0, 0.1) is 12.7 Å². The number of aliphatic hydroxyl groups excluding tert-OH is 1. The van der Waals surface area contributed by atoms with Crippen LogP contribution in [-0.2, 0) is 19.6 Å². The fourth-order valence-corrected chi connectivity index (χ4v) is 3.30. The molecule has 1 fully saturated rings. The number of aliphatic hydroxyl groups is 1. The van der Waals surface area contributed by atoms with Crippen molar-refractivity contribution < 1.29 is 9.50 Å². The average molecular weight is 342 g/mol. The number of likely N-dealkylation sites (tertiary alicyclic amines) is 1. The van der Waals surface area contributed by atoms with E-state index in [0.717, 1.165) is 56.7 Å². The van der Waals surface area contributed by atoms with Gasteiger partial charge in [-0.2, -0.15) is 0 Å². The van der Waals surface area contributed by atoms with Gasteiger partial charge in [-0.25, -0.2) is 4.39 Å². The Morgan fingerprint density at radius 1 is 1.04 bits per heavy atom. The summed E-state index contributed by atoms with van der Waals surface area (Å²) in [6, 6.07) is 13.6. The van der Waals surface area contributed by atoms with Gasteiger partial charge in [0.25, 0.3) is 0 Å². The Balaban J connectivity index is 1.46. The van der Waals surface area contributed by atoms with Crippen LogP contribution in [0.15, 0.2) is 42.5 Å². The molecule has 0 spiro atoms. The Morgan fingerprint density at radius 2 is 1.72 bits per heavy atom. The molecule has 0 unspecified atom stereocenters. The molecule has 0 saturated carbocycles. The Labute approximate surface area is 149 Å². The molecule has 25 heavy (non-hydrogen) atoms. The van der Waals surface area contributed by atoms with Gasteiger partial charge in [0.1, 0.15) is 5.82 Å². The Bertz CT molecular complexity index is 679. The zero-order valence-electron chi connectivity index (χ0n) is 14.8. The molecule has 4 heteroatoms. The molecule has 134 valence electrons. The number of rotatable bonds is 6. The summed E-state index contributed by atoms with van der Waals surface area (Å²) in [5.41, 5.74) is 4.67. The summed E-state index contributed by atoms with van der Waals surface area (Å²) in [5.74, 6) is -0.181. The van der Waals surface area contributed by atoms with Crippen molar-refractivity contribution in [2.24, 2.45) is 0 Å². The predicted octanol–water partition coefficient (Wildman–Crippen LogP) is 3.38. The molecule has 0 aromatic heterocycles. The lowest BCUT2D eigenvalue weighted by Crippen LogP contribution is -2.35. The summed E-state index contributed by atoms with van der Waals surface area (Å²) in [6.45, 7) is 6.38. The van der Waals surface area contributed by atoms with Crippen molar-refractivity contribution in [1.82, 2.24) is 10.2 Å². The zero-order chi connectivity index (χ0) is 17.6. The second-order valence-corrected chi connectivity index (χ2v) is 7.00. The first-order valence-electron chi connectivity index (χ1n) is 9.04. The Morgan fingerprint density at radius 3 is 2.40 bits per heavy atom. The molecule has 2 aromatic rings. The lowest BCUT2D eigenvalue weighted by Gasteiger charge is -2.29. The van der Waals surface area contributed by atoms with Crippen LogP contribution in [-0.4, -0.2) is 29.2 Å². The topological polar surface area (TPSA) is 35.5 Å². The number of piperidine rings is 1. The van der Waals surface area contributed by atoms with E-state index in [2.05, 4.69) is 34.5 Å². The Hall–Kier alpha value is -1.75. The molecule has 3 rings (SSSR count). The van der Waals surface area contributed by atoms with Crippen molar-refractivity contribution in [2.75, 3.05) is 13.1 Å².